The van der Waals surface area contributed by atoms with Gasteiger partial charge >= 0.3 is 0 Å². The SMILES string of the molecule is CCC(C)(CC)c1ccc2nc(N)oc2c1. The second-order valence-electron chi connectivity index (χ2n) is 4.50. The van der Waals surface area contributed by atoms with Crippen LogP contribution < -0.4 is 5.73 Å². The van der Waals surface area contributed by atoms with Crippen LogP contribution in [0.1, 0.15) is 39.2 Å². The molecule has 0 aliphatic rings. The molecule has 16 heavy (non-hydrogen) atoms. The smallest absolute Gasteiger partial charge is 0.292 e. The molecule has 0 fully saturated rings. The Morgan fingerprint density at radius 3 is 2.62 bits per heavy atom. The van der Waals surface area contributed by atoms with Crippen molar-refractivity contribution in [1.29, 1.82) is 0 Å². The van der Waals surface area contributed by atoms with Gasteiger partial charge in [0, 0.05) is 0 Å². The summed E-state index contributed by atoms with van der Waals surface area (Å²) in [7, 11) is 0. The molecular weight excluding hydrogens is 200 g/mol. The molecule has 3 nitrogen and oxygen atoms in total. The highest BCUT2D eigenvalue weighted by Gasteiger charge is 2.22. The van der Waals surface area contributed by atoms with Gasteiger partial charge in [-0.2, -0.15) is 4.98 Å². The van der Waals surface area contributed by atoms with Gasteiger partial charge in [-0.3, -0.25) is 0 Å². The molecule has 0 saturated heterocycles. The number of anilines is 1. The van der Waals surface area contributed by atoms with Crippen molar-refractivity contribution >= 4 is 17.1 Å². The van der Waals surface area contributed by atoms with E-state index in [0.29, 0.717) is 0 Å². The van der Waals surface area contributed by atoms with Crippen LogP contribution in [0.3, 0.4) is 0 Å². The first-order valence-electron chi connectivity index (χ1n) is 5.75. The van der Waals surface area contributed by atoms with Gasteiger partial charge in [0.25, 0.3) is 6.01 Å². The van der Waals surface area contributed by atoms with Crippen LogP contribution in [-0.4, -0.2) is 4.98 Å². The molecule has 2 N–H and O–H groups in total. The first-order valence-corrected chi connectivity index (χ1v) is 5.75. The zero-order valence-corrected chi connectivity index (χ0v) is 10.1. The van der Waals surface area contributed by atoms with E-state index in [9.17, 15) is 0 Å². The number of hydrogen-bond acceptors (Lipinski definition) is 3. The molecule has 2 aromatic rings. The maximum atomic E-state index is 5.54. The van der Waals surface area contributed by atoms with Gasteiger partial charge in [-0.15, -0.1) is 0 Å². The van der Waals surface area contributed by atoms with Crippen molar-refractivity contribution < 1.29 is 4.42 Å². The molecule has 0 bridgehead atoms. The minimum Gasteiger partial charge on any atom is -0.424 e. The molecule has 0 radical (unpaired) electrons. The fourth-order valence-corrected chi connectivity index (χ4v) is 1.98. The van der Waals surface area contributed by atoms with Crippen LogP contribution in [0.2, 0.25) is 0 Å². The number of aromatic nitrogens is 1. The van der Waals surface area contributed by atoms with E-state index in [1.54, 1.807) is 0 Å². The fourth-order valence-electron chi connectivity index (χ4n) is 1.98. The number of benzene rings is 1. The Balaban J connectivity index is 2.53. The molecule has 2 rings (SSSR count). The minimum atomic E-state index is 0.204. The predicted octanol–water partition coefficient (Wildman–Crippen LogP) is 3.49. The normalized spacial score (nSPS) is 12.2. The summed E-state index contributed by atoms with van der Waals surface area (Å²) >= 11 is 0. The molecule has 0 spiro atoms. The van der Waals surface area contributed by atoms with Crippen molar-refractivity contribution in [2.45, 2.75) is 39.0 Å². The molecule has 1 heterocycles. The summed E-state index contributed by atoms with van der Waals surface area (Å²) in [5.74, 6) is 0. The topological polar surface area (TPSA) is 52.0 Å². The highest BCUT2D eigenvalue weighted by Crippen LogP contribution is 2.33. The number of oxazole rings is 1. The minimum absolute atomic E-state index is 0.204. The molecule has 3 heteroatoms. The average Bonchev–Trinajstić information content (AvgIpc) is 2.67. The largest absolute Gasteiger partial charge is 0.424 e. The van der Waals surface area contributed by atoms with Crippen molar-refractivity contribution in [2.75, 3.05) is 5.73 Å². The molecule has 0 atom stereocenters. The monoisotopic (exact) mass is 218 g/mol. The number of nitrogens with two attached hydrogens (primary N) is 1. The second kappa shape index (κ2) is 3.81. The Bertz CT molecular complexity index is 498. The number of rotatable bonds is 3. The maximum Gasteiger partial charge on any atom is 0.292 e. The average molecular weight is 218 g/mol. The van der Waals surface area contributed by atoms with Gasteiger partial charge in [-0.25, -0.2) is 0 Å². The number of fused-ring (bicyclic) bond motifs is 1. The zero-order valence-electron chi connectivity index (χ0n) is 10.1. The van der Waals surface area contributed by atoms with Gasteiger partial charge in [0.05, 0.1) is 0 Å². The fraction of sp³-hybridized carbons (Fsp3) is 0.462. The van der Waals surface area contributed by atoms with Crippen LogP contribution >= 0.6 is 0 Å². The third-order valence-electron chi connectivity index (χ3n) is 3.66. The van der Waals surface area contributed by atoms with Crippen molar-refractivity contribution in [3.8, 4) is 0 Å². The molecule has 0 aliphatic carbocycles. The van der Waals surface area contributed by atoms with E-state index < -0.39 is 0 Å². The lowest BCUT2D eigenvalue weighted by Gasteiger charge is -2.27. The number of nitrogens with zero attached hydrogens (tertiary/aromatic N) is 1. The molecule has 86 valence electrons. The molecule has 0 unspecified atom stereocenters. The molecule has 0 aliphatic heterocycles. The first kappa shape index (κ1) is 11.0. The Morgan fingerprint density at radius 2 is 2.00 bits per heavy atom. The summed E-state index contributed by atoms with van der Waals surface area (Å²) < 4.78 is 5.36. The number of nitrogen functional groups attached to an aromatic ring is 1. The molecular formula is C13H18N2O. The van der Waals surface area contributed by atoms with Gasteiger partial charge in [-0.1, -0.05) is 26.8 Å². The van der Waals surface area contributed by atoms with Crippen molar-refractivity contribution in [2.24, 2.45) is 0 Å². The first-order chi connectivity index (χ1) is 7.59. The molecule has 0 amide bonds. The lowest BCUT2D eigenvalue weighted by molar-refractivity contribution is 0.438. The zero-order chi connectivity index (χ0) is 11.8. The highest BCUT2D eigenvalue weighted by molar-refractivity contribution is 5.75. The van der Waals surface area contributed by atoms with Crippen LogP contribution in [0.25, 0.3) is 11.1 Å². The third kappa shape index (κ3) is 1.66. The maximum absolute atomic E-state index is 5.54. The van der Waals surface area contributed by atoms with Gasteiger partial charge in [0.2, 0.25) is 0 Å². The van der Waals surface area contributed by atoms with E-state index >= 15 is 0 Å². The summed E-state index contributed by atoms with van der Waals surface area (Å²) in [4.78, 5) is 4.10. The summed E-state index contributed by atoms with van der Waals surface area (Å²) in [5, 5.41) is 0. The van der Waals surface area contributed by atoms with E-state index in [4.69, 9.17) is 10.2 Å². The van der Waals surface area contributed by atoms with Gasteiger partial charge in [0.15, 0.2) is 5.58 Å². The predicted molar refractivity (Wildman–Crippen MR) is 66.4 cm³/mol. The Morgan fingerprint density at radius 1 is 1.31 bits per heavy atom. The van der Waals surface area contributed by atoms with E-state index in [1.807, 2.05) is 6.07 Å². The lowest BCUT2D eigenvalue weighted by atomic mass is 9.78. The summed E-state index contributed by atoms with van der Waals surface area (Å²) in [6.45, 7) is 6.69. The molecule has 1 aromatic heterocycles. The van der Waals surface area contributed by atoms with Gasteiger partial charge in [0.1, 0.15) is 5.52 Å². The van der Waals surface area contributed by atoms with Crippen LogP contribution in [0.5, 0.6) is 0 Å². The van der Waals surface area contributed by atoms with E-state index in [0.717, 1.165) is 23.9 Å². The number of hydrogen-bond donors (Lipinski definition) is 1. The van der Waals surface area contributed by atoms with Crippen LogP contribution in [0, 0.1) is 0 Å². The van der Waals surface area contributed by atoms with Crippen LogP contribution in [0.15, 0.2) is 22.6 Å². The molecule has 1 aromatic carbocycles. The van der Waals surface area contributed by atoms with Crippen LogP contribution in [0.4, 0.5) is 6.01 Å². The summed E-state index contributed by atoms with van der Waals surface area (Å²) in [6.07, 6.45) is 2.22. The standard InChI is InChI=1S/C13H18N2O/c1-4-13(3,5-2)9-6-7-10-11(8-9)16-12(14)15-10/h6-8H,4-5H2,1-3H3,(H2,14,15). The summed E-state index contributed by atoms with van der Waals surface area (Å²) in [6, 6.07) is 6.40. The Hall–Kier alpha value is -1.51. The summed E-state index contributed by atoms with van der Waals surface area (Å²) in [5.41, 5.74) is 8.64. The van der Waals surface area contributed by atoms with Crippen LogP contribution in [-0.2, 0) is 5.41 Å². The van der Waals surface area contributed by atoms with Gasteiger partial charge in [-0.05, 0) is 36.0 Å². The van der Waals surface area contributed by atoms with E-state index in [1.165, 1.54) is 5.56 Å². The van der Waals surface area contributed by atoms with Gasteiger partial charge < -0.3 is 10.2 Å². The third-order valence-corrected chi connectivity index (χ3v) is 3.66. The Kier molecular flexibility index (Phi) is 2.62. The second-order valence-corrected chi connectivity index (χ2v) is 4.50. The molecule has 0 saturated carbocycles. The van der Waals surface area contributed by atoms with E-state index in [-0.39, 0.29) is 11.4 Å². The van der Waals surface area contributed by atoms with E-state index in [2.05, 4.69) is 37.9 Å². The lowest BCUT2D eigenvalue weighted by Crippen LogP contribution is -2.19. The highest BCUT2D eigenvalue weighted by atomic mass is 16.4. The van der Waals surface area contributed by atoms with Crippen molar-refractivity contribution in [3.05, 3.63) is 23.8 Å². The Labute approximate surface area is 95.7 Å². The van der Waals surface area contributed by atoms with Crippen molar-refractivity contribution in [3.63, 3.8) is 0 Å². The quantitative estimate of drug-likeness (QED) is 0.858. The van der Waals surface area contributed by atoms with Crippen molar-refractivity contribution in [1.82, 2.24) is 4.98 Å².